The Bertz CT molecular complexity index is 483. The van der Waals surface area contributed by atoms with Crippen LogP contribution in [-0.4, -0.2) is 10.1 Å². The quantitative estimate of drug-likeness (QED) is 0.648. The van der Waals surface area contributed by atoms with Crippen LogP contribution >= 0.6 is 11.3 Å². The van der Waals surface area contributed by atoms with E-state index in [4.69, 9.17) is 0 Å². The number of nitrogens with one attached hydrogen (secondary N) is 1. The van der Waals surface area contributed by atoms with Crippen molar-refractivity contribution >= 4 is 21.6 Å². The van der Waals surface area contributed by atoms with Crippen LogP contribution in [0.1, 0.15) is 4.88 Å². The maximum absolute atomic E-state index is 10.9. The molecule has 0 spiro atoms. The zero-order valence-corrected chi connectivity index (χ0v) is 7.23. The predicted molar refractivity (Wildman–Crippen MR) is 48.8 cm³/mol. The van der Waals surface area contributed by atoms with Gasteiger partial charge in [-0.3, -0.25) is 4.79 Å². The van der Waals surface area contributed by atoms with Crippen molar-refractivity contribution in [1.82, 2.24) is 4.98 Å². The third-order valence-corrected chi connectivity index (χ3v) is 2.69. The summed E-state index contributed by atoms with van der Waals surface area (Å²) >= 11 is 1.47. The lowest BCUT2D eigenvalue weighted by Gasteiger charge is -1.91. The first-order valence-electron chi connectivity index (χ1n) is 3.49. The molecule has 12 heavy (non-hydrogen) atoms. The summed E-state index contributed by atoms with van der Waals surface area (Å²) < 4.78 is 0.743. The molecule has 62 valence electrons. The van der Waals surface area contributed by atoms with Crippen molar-refractivity contribution in [2.75, 3.05) is 0 Å². The third-order valence-electron chi connectivity index (χ3n) is 1.61. The van der Waals surface area contributed by atoms with Gasteiger partial charge in [-0.05, 0) is 13.0 Å². The number of hydrogen-bond acceptors (Lipinski definition) is 3. The monoisotopic (exact) mass is 181 g/mol. The van der Waals surface area contributed by atoms with Crippen molar-refractivity contribution in [3.8, 4) is 5.75 Å². The molecule has 0 unspecified atom stereocenters. The Kier molecular flexibility index (Phi) is 1.44. The summed E-state index contributed by atoms with van der Waals surface area (Å²) in [4.78, 5) is 14.6. The van der Waals surface area contributed by atoms with E-state index in [1.807, 2.05) is 13.0 Å². The number of rotatable bonds is 0. The Morgan fingerprint density at radius 2 is 2.25 bits per heavy atom. The average molecular weight is 181 g/mol. The molecule has 2 aromatic rings. The van der Waals surface area contributed by atoms with Gasteiger partial charge >= 0.3 is 0 Å². The van der Waals surface area contributed by atoms with E-state index in [1.165, 1.54) is 17.4 Å². The number of fused-ring (bicyclic) bond motifs is 1. The Labute approximate surface area is 72.3 Å². The highest BCUT2D eigenvalue weighted by molar-refractivity contribution is 7.19. The summed E-state index contributed by atoms with van der Waals surface area (Å²) in [5.41, 5.74) is 0.445. The van der Waals surface area contributed by atoms with E-state index >= 15 is 0 Å². The minimum absolute atomic E-state index is 0.0619. The minimum Gasteiger partial charge on any atom is -0.506 e. The van der Waals surface area contributed by atoms with Gasteiger partial charge in [0.2, 0.25) is 0 Å². The molecule has 0 amide bonds. The molecule has 0 fully saturated rings. The zero-order chi connectivity index (χ0) is 8.72. The van der Waals surface area contributed by atoms with Gasteiger partial charge in [-0.25, -0.2) is 0 Å². The Balaban J connectivity index is 2.97. The van der Waals surface area contributed by atoms with Gasteiger partial charge in [0.25, 0.3) is 5.56 Å². The number of aryl methyl sites for hydroxylation is 1. The molecule has 0 radical (unpaired) electrons. The molecular weight excluding hydrogens is 174 g/mol. The van der Waals surface area contributed by atoms with Crippen LogP contribution in [0.2, 0.25) is 0 Å². The number of thiophene rings is 1. The molecule has 0 saturated heterocycles. The van der Waals surface area contributed by atoms with E-state index < -0.39 is 0 Å². The first-order chi connectivity index (χ1) is 5.66. The lowest BCUT2D eigenvalue weighted by Crippen LogP contribution is -2.01. The Morgan fingerprint density at radius 1 is 1.50 bits per heavy atom. The maximum atomic E-state index is 10.9. The lowest BCUT2D eigenvalue weighted by molar-refractivity contribution is 0.481. The highest BCUT2D eigenvalue weighted by atomic mass is 32.1. The fourth-order valence-electron chi connectivity index (χ4n) is 1.16. The molecule has 0 atom stereocenters. The van der Waals surface area contributed by atoms with Crippen LogP contribution in [0.25, 0.3) is 10.2 Å². The SMILES string of the molecule is Cc1cc2[nH]c(=O)cc(O)c2s1. The van der Waals surface area contributed by atoms with Gasteiger partial charge in [0.05, 0.1) is 10.2 Å². The average Bonchev–Trinajstić information content (AvgIpc) is 2.29. The summed E-state index contributed by atoms with van der Waals surface area (Å²) in [7, 11) is 0. The van der Waals surface area contributed by atoms with Crippen molar-refractivity contribution < 1.29 is 5.11 Å². The molecule has 2 aromatic heterocycles. The molecule has 0 aliphatic rings. The molecule has 0 bridgehead atoms. The Hall–Kier alpha value is -1.29. The summed E-state index contributed by atoms with van der Waals surface area (Å²) in [5, 5.41) is 9.36. The largest absolute Gasteiger partial charge is 0.506 e. The lowest BCUT2D eigenvalue weighted by atomic mass is 10.3. The van der Waals surface area contributed by atoms with Gasteiger partial charge in [-0.2, -0.15) is 0 Å². The smallest absolute Gasteiger partial charge is 0.252 e. The van der Waals surface area contributed by atoms with E-state index in [9.17, 15) is 9.90 Å². The highest BCUT2D eigenvalue weighted by Gasteiger charge is 2.04. The molecule has 0 aromatic carbocycles. The first-order valence-corrected chi connectivity index (χ1v) is 4.31. The van der Waals surface area contributed by atoms with Gasteiger partial charge in [-0.1, -0.05) is 0 Å². The van der Waals surface area contributed by atoms with Crippen LogP contribution in [0.5, 0.6) is 5.75 Å². The summed E-state index contributed by atoms with van der Waals surface area (Å²) in [6, 6.07) is 3.04. The third kappa shape index (κ3) is 1.00. The zero-order valence-electron chi connectivity index (χ0n) is 6.42. The molecule has 2 rings (SSSR count). The minimum atomic E-state index is -0.266. The molecule has 4 heteroatoms. The molecule has 0 saturated carbocycles. The van der Waals surface area contributed by atoms with Crippen LogP contribution in [0.4, 0.5) is 0 Å². The van der Waals surface area contributed by atoms with Gasteiger partial charge in [0.1, 0.15) is 5.75 Å². The van der Waals surface area contributed by atoms with Crippen LogP contribution < -0.4 is 5.56 Å². The van der Waals surface area contributed by atoms with Crippen molar-refractivity contribution in [2.24, 2.45) is 0 Å². The van der Waals surface area contributed by atoms with Crippen LogP contribution in [0.15, 0.2) is 16.9 Å². The summed E-state index contributed by atoms with van der Waals surface area (Å²) in [5.74, 6) is 0.0619. The van der Waals surface area contributed by atoms with Crippen molar-refractivity contribution in [3.05, 3.63) is 27.4 Å². The second-order valence-electron chi connectivity index (χ2n) is 2.62. The highest BCUT2D eigenvalue weighted by Crippen LogP contribution is 2.29. The molecule has 0 aliphatic carbocycles. The van der Waals surface area contributed by atoms with Crippen molar-refractivity contribution in [3.63, 3.8) is 0 Å². The van der Waals surface area contributed by atoms with E-state index in [2.05, 4.69) is 4.98 Å². The number of hydrogen-bond donors (Lipinski definition) is 2. The van der Waals surface area contributed by atoms with E-state index in [0.717, 1.165) is 9.58 Å². The molecule has 2 N–H and O–H groups in total. The van der Waals surface area contributed by atoms with Gasteiger partial charge < -0.3 is 10.1 Å². The predicted octanol–water partition coefficient (Wildman–Crippen LogP) is 1.60. The van der Waals surface area contributed by atoms with Crippen LogP contribution in [-0.2, 0) is 0 Å². The molecular formula is C8H7NO2S. The van der Waals surface area contributed by atoms with Gasteiger partial charge in [-0.15, -0.1) is 11.3 Å². The number of H-pyrrole nitrogens is 1. The van der Waals surface area contributed by atoms with Gasteiger partial charge in [0, 0.05) is 10.9 Å². The second kappa shape index (κ2) is 2.35. The summed E-state index contributed by atoms with van der Waals surface area (Å²) in [6.07, 6.45) is 0. The van der Waals surface area contributed by atoms with E-state index in [1.54, 1.807) is 0 Å². The van der Waals surface area contributed by atoms with Crippen molar-refractivity contribution in [2.45, 2.75) is 6.92 Å². The number of aromatic hydroxyl groups is 1. The van der Waals surface area contributed by atoms with Crippen molar-refractivity contribution in [1.29, 1.82) is 0 Å². The topological polar surface area (TPSA) is 53.1 Å². The van der Waals surface area contributed by atoms with Gasteiger partial charge in [0.15, 0.2) is 0 Å². The molecule has 3 nitrogen and oxygen atoms in total. The standard InChI is InChI=1S/C8H7NO2S/c1-4-2-5-8(12-4)6(10)3-7(11)9-5/h2-3H,1H3,(H2,9,10,11). The maximum Gasteiger partial charge on any atom is 0.252 e. The summed E-state index contributed by atoms with van der Waals surface area (Å²) in [6.45, 7) is 1.93. The number of aromatic nitrogens is 1. The van der Waals surface area contributed by atoms with Crippen LogP contribution in [0.3, 0.4) is 0 Å². The molecule has 0 aliphatic heterocycles. The fourth-order valence-corrected chi connectivity index (χ4v) is 2.04. The van der Waals surface area contributed by atoms with Crippen LogP contribution in [0, 0.1) is 6.92 Å². The second-order valence-corrected chi connectivity index (χ2v) is 3.88. The fraction of sp³-hybridized carbons (Fsp3) is 0.125. The first kappa shape index (κ1) is 7.36. The molecule has 2 heterocycles. The Morgan fingerprint density at radius 3 is 3.00 bits per heavy atom. The van der Waals surface area contributed by atoms with E-state index in [0.29, 0.717) is 5.52 Å². The number of pyridine rings is 1. The van der Waals surface area contributed by atoms with E-state index in [-0.39, 0.29) is 11.3 Å². The normalized spacial score (nSPS) is 10.8. The number of aromatic amines is 1.